The Morgan fingerprint density at radius 2 is 1.57 bits per heavy atom. The number of nitriles is 1. The van der Waals surface area contributed by atoms with Crippen LogP contribution in [0, 0.1) is 18.3 Å². The number of pyridine rings is 1. The van der Waals surface area contributed by atoms with Gasteiger partial charge in [-0.15, -0.1) is 0 Å². The summed E-state index contributed by atoms with van der Waals surface area (Å²) in [6.45, 7) is 4.77. The maximum absolute atomic E-state index is 13.1. The van der Waals surface area contributed by atoms with Crippen molar-refractivity contribution in [2.75, 3.05) is 35.6 Å². The molecule has 1 amide bonds. The van der Waals surface area contributed by atoms with E-state index in [1.165, 1.54) is 0 Å². The second kappa shape index (κ2) is 18.4. The SMILES string of the molecule is CCOC(=O)CNC(=O)c1cc(OCCc2cccnc2)cc(Oc2ccc(CN(Cc3ccc(C#N)cc3)c3cccc(NS(C)(=O)=O)c3C)cc2)c1. The van der Waals surface area contributed by atoms with Crippen molar-refractivity contribution >= 4 is 33.3 Å². The maximum atomic E-state index is 13.1. The van der Waals surface area contributed by atoms with E-state index < -0.39 is 21.9 Å². The summed E-state index contributed by atoms with van der Waals surface area (Å²) in [6, 6.07) is 31.1. The molecule has 0 unspecified atom stereocenters. The van der Waals surface area contributed by atoms with Gasteiger partial charge in [0.05, 0.1) is 36.8 Å². The number of nitrogens with zero attached hydrogens (tertiary/aromatic N) is 3. The van der Waals surface area contributed by atoms with Crippen LogP contribution in [0.2, 0.25) is 0 Å². The van der Waals surface area contributed by atoms with Gasteiger partial charge in [-0.25, -0.2) is 8.42 Å². The average Bonchev–Trinajstić information content (AvgIpc) is 3.15. The molecule has 2 N–H and O–H groups in total. The lowest BCUT2D eigenvalue weighted by Crippen LogP contribution is -2.30. The van der Waals surface area contributed by atoms with E-state index in [2.05, 4.69) is 26.0 Å². The number of sulfonamides is 1. The Morgan fingerprint density at radius 1 is 0.870 bits per heavy atom. The molecule has 0 saturated carbocycles. The Hall–Kier alpha value is -6.39. The third-order valence-corrected chi connectivity index (χ3v) is 8.74. The standard InChI is InChI=1S/C41H41N5O7S/c1-4-51-40(47)26-44-41(48)34-21-36(52-20-18-31-7-6-19-43-25-31)23-37(22-34)53-35-16-14-33(15-17-35)28-46(27-32-12-10-30(24-42)11-13-32)39-9-5-8-38(29(39)2)45-54(3,49)50/h5-17,19,21-23,25,45H,4,18,20,26-28H2,1-3H3,(H,44,48). The molecule has 1 aromatic heterocycles. The van der Waals surface area contributed by atoms with Gasteiger partial charge in [0.2, 0.25) is 10.0 Å². The van der Waals surface area contributed by atoms with Crippen LogP contribution in [0.4, 0.5) is 11.4 Å². The van der Waals surface area contributed by atoms with Crippen LogP contribution in [0.5, 0.6) is 17.2 Å². The van der Waals surface area contributed by atoms with Gasteiger partial charge in [0.15, 0.2) is 0 Å². The van der Waals surface area contributed by atoms with Crippen LogP contribution >= 0.6 is 0 Å². The fraction of sp³-hybridized carbons (Fsp3) is 0.220. The fourth-order valence-corrected chi connectivity index (χ4v) is 6.19. The molecule has 5 aromatic rings. The second-order valence-electron chi connectivity index (χ2n) is 12.4. The first-order valence-corrected chi connectivity index (χ1v) is 19.1. The van der Waals surface area contributed by atoms with Crippen LogP contribution in [0.3, 0.4) is 0 Å². The normalized spacial score (nSPS) is 10.9. The van der Waals surface area contributed by atoms with Gasteiger partial charge >= 0.3 is 5.97 Å². The topological polar surface area (TPSA) is 160 Å². The number of benzene rings is 4. The number of aromatic nitrogens is 1. The highest BCUT2D eigenvalue weighted by Crippen LogP contribution is 2.32. The van der Waals surface area contributed by atoms with E-state index in [1.807, 2.05) is 61.5 Å². The lowest BCUT2D eigenvalue weighted by Gasteiger charge is -2.28. The van der Waals surface area contributed by atoms with Crippen LogP contribution in [0.25, 0.3) is 0 Å². The van der Waals surface area contributed by atoms with Gasteiger partial charge in [-0.3, -0.25) is 19.3 Å². The maximum Gasteiger partial charge on any atom is 0.325 e. The molecule has 0 atom stereocenters. The summed E-state index contributed by atoms with van der Waals surface area (Å²) in [4.78, 5) is 31.2. The molecular weight excluding hydrogens is 707 g/mol. The number of anilines is 2. The van der Waals surface area contributed by atoms with Crippen LogP contribution in [0.15, 0.2) is 109 Å². The first-order chi connectivity index (χ1) is 26.0. The van der Waals surface area contributed by atoms with E-state index in [0.29, 0.717) is 54.6 Å². The van der Waals surface area contributed by atoms with Crippen molar-refractivity contribution in [3.8, 4) is 23.3 Å². The van der Waals surface area contributed by atoms with Crippen molar-refractivity contribution in [3.05, 3.63) is 143 Å². The van der Waals surface area contributed by atoms with Crippen molar-refractivity contribution in [3.63, 3.8) is 0 Å². The molecule has 0 aliphatic heterocycles. The molecule has 12 nitrogen and oxygen atoms in total. The van der Waals surface area contributed by atoms with Crippen LogP contribution < -0.4 is 24.4 Å². The van der Waals surface area contributed by atoms with E-state index in [9.17, 15) is 23.3 Å². The van der Waals surface area contributed by atoms with Crippen LogP contribution in [-0.2, 0) is 39.1 Å². The van der Waals surface area contributed by atoms with Gasteiger partial charge in [-0.05, 0) is 90.7 Å². The van der Waals surface area contributed by atoms with Crippen molar-refractivity contribution in [1.82, 2.24) is 10.3 Å². The molecule has 0 bridgehead atoms. The highest BCUT2D eigenvalue weighted by molar-refractivity contribution is 7.92. The van der Waals surface area contributed by atoms with Gasteiger partial charge in [-0.2, -0.15) is 5.26 Å². The molecular formula is C41H41N5O7S. The summed E-state index contributed by atoms with van der Waals surface area (Å²) < 4.78 is 43.9. The molecule has 0 saturated heterocycles. The van der Waals surface area contributed by atoms with E-state index >= 15 is 0 Å². The predicted molar refractivity (Wildman–Crippen MR) is 206 cm³/mol. The molecule has 0 fully saturated rings. The first kappa shape index (κ1) is 38.8. The number of rotatable bonds is 17. The summed E-state index contributed by atoms with van der Waals surface area (Å²) in [5, 5.41) is 11.9. The van der Waals surface area contributed by atoms with Crippen LogP contribution in [-0.4, -0.2) is 51.3 Å². The minimum absolute atomic E-state index is 0.205. The monoisotopic (exact) mass is 747 g/mol. The summed E-state index contributed by atoms with van der Waals surface area (Å²) in [7, 11) is -3.50. The molecule has 13 heteroatoms. The number of amides is 1. The minimum Gasteiger partial charge on any atom is -0.493 e. The van der Waals surface area contributed by atoms with E-state index in [1.54, 1.807) is 61.8 Å². The molecule has 1 heterocycles. The van der Waals surface area contributed by atoms with Crippen molar-refractivity contribution in [2.45, 2.75) is 33.4 Å². The zero-order valence-corrected chi connectivity index (χ0v) is 31.1. The molecule has 0 radical (unpaired) electrons. The number of carbonyl (C=O) groups is 2. The van der Waals surface area contributed by atoms with Crippen LogP contribution in [0.1, 0.15) is 45.1 Å². The zero-order chi connectivity index (χ0) is 38.5. The van der Waals surface area contributed by atoms with E-state index in [4.69, 9.17) is 14.2 Å². The van der Waals surface area contributed by atoms with E-state index in [0.717, 1.165) is 34.2 Å². The fourth-order valence-electron chi connectivity index (χ4n) is 5.57. The number of esters is 1. The summed E-state index contributed by atoms with van der Waals surface area (Å²) in [5.74, 6) is 0.245. The van der Waals surface area contributed by atoms with Crippen molar-refractivity contribution < 1.29 is 32.2 Å². The number of carbonyl (C=O) groups excluding carboxylic acids is 2. The Balaban J connectivity index is 1.36. The highest BCUT2D eigenvalue weighted by Gasteiger charge is 2.17. The van der Waals surface area contributed by atoms with E-state index in [-0.39, 0.29) is 18.7 Å². The largest absolute Gasteiger partial charge is 0.493 e. The quantitative estimate of drug-likeness (QED) is 0.1000. The minimum atomic E-state index is -3.50. The molecule has 4 aromatic carbocycles. The summed E-state index contributed by atoms with van der Waals surface area (Å²) >= 11 is 0. The van der Waals surface area contributed by atoms with Gasteiger partial charge in [-0.1, -0.05) is 36.4 Å². The lowest BCUT2D eigenvalue weighted by atomic mass is 10.1. The van der Waals surface area contributed by atoms with Gasteiger partial charge in [0.1, 0.15) is 23.8 Å². The number of hydrogen-bond acceptors (Lipinski definition) is 10. The molecule has 0 aliphatic carbocycles. The predicted octanol–water partition coefficient (Wildman–Crippen LogP) is 6.55. The number of hydrogen-bond donors (Lipinski definition) is 2. The second-order valence-corrected chi connectivity index (χ2v) is 14.1. The van der Waals surface area contributed by atoms with Crippen molar-refractivity contribution in [1.29, 1.82) is 5.26 Å². The van der Waals surface area contributed by atoms with Gasteiger partial charge < -0.3 is 24.4 Å². The highest BCUT2D eigenvalue weighted by atomic mass is 32.2. The smallest absolute Gasteiger partial charge is 0.325 e. The molecule has 5 rings (SSSR count). The molecule has 278 valence electrons. The van der Waals surface area contributed by atoms with Gasteiger partial charge in [0, 0.05) is 49.2 Å². The number of nitrogens with one attached hydrogen (secondary N) is 2. The third kappa shape index (κ3) is 11.6. The Morgan fingerprint density at radius 3 is 2.22 bits per heavy atom. The first-order valence-electron chi connectivity index (χ1n) is 17.2. The van der Waals surface area contributed by atoms with Gasteiger partial charge in [0.25, 0.3) is 5.91 Å². The summed E-state index contributed by atoms with van der Waals surface area (Å²) in [6.07, 6.45) is 5.19. The van der Waals surface area contributed by atoms with Crippen molar-refractivity contribution in [2.24, 2.45) is 0 Å². The molecule has 0 aliphatic rings. The Labute approximate surface area is 315 Å². The third-order valence-electron chi connectivity index (χ3n) is 8.15. The lowest BCUT2D eigenvalue weighted by molar-refractivity contribution is -0.141. The molecule has 54 heavy (non-hydrogen) atoms. The zero-order valence-electron chi connectivity index (χ0n) is 30.2. The Bertz CT molecular complexity index is 2210. The molecule has 0 spiro atoms. The summed E-state index contributed by atoms with van der Waals surface area (Å²) in [5.41, 5.74) is 5.81. The number of ether oxygens (including phenoxy) is 3. The Kier molecular flexibility index (Phi) is 13.2. The average molecular weight is 748 g/mol.